The highest BCUT2D eigenvalue weighted by Crippen LogP contribution is 1.97. The number of hydrogen-bond donors (Lipinski definition) is 3. The first-order valence-corrected chi connectivity index (χ1v) is 7.24. The molecule has 102 valence electrons. The molecular weight excluding hydrogens is 242 g/mol. The van der Waals surface area contributed by atoms with Crippen molar-refractivity contribution >= 4 is 15.9 Å². The quantitative estimate of drug-likeness (QED) is 0.575. The Morgan fingerprint density at radius 3 is 2.24 bits per heavy atom. The summed E-state index contributed by atoms with van der Waals surface area (Å²) in [5.41, 5.74) is -0.0181. The minimum atomic E-state index is -3.24. The van der Waals surface area contributed by atoms with E-state index in [1.54, 1.807) is 0 Å². The van der Waals surface area contributed by atoms with Crippen LogP contribution in [0, 0.1) is 0 Å². The zero-order valence-corrected chi connectivity index (χ0v) is 11.8. The van der Waals surface area contributed by atoms with Crippen molar-refractivity contribution in [2.45, 2.75) is 32.7 Å². The fourth-order valence-electron chi connectivity index (χ4n) is 1.07. The van der Waals surface area contributed by atoms with Gasteiger partial charge in [0.1, 0.15) is 0 Å². The summed E-state index contributed by atoms with van der Waals surface area (Å²) in [7, 11) is -1.89. The van der Waals surface area contributed by atoms with Gasteiger partial charge in [-0.3, -0.25) is 4.79 Å². The summed E-state index contributed by atoms with van der Waals surface area (Å²) in [6, 6.07) is 0. The van der Waals surface area contributed by atoms with Crippen LogP contribution in [0.1, 0.15) is 27.2 Å². The predicted molar refractivity (Wildman–Crippen MR) is 68.2 cm³/mol. The first-order valence-electron chi connectivity index (χ1n) is 5.59. The van der Waals surface area contributed by atoms with Gasteiger partial charge in [-0.1, -0.05) is 0 Å². The second-order valence-electron chi connectivity index (χ2n) is 4.80. The molecule has 17 heavy (non-hydrogen) atoms. The molecule has 0 unspecified atom stereocenters. The smallest absolute Gasteiger partial charge is 0.221 e. The molecule has 0 bridgehead atoms. The SMILES string of the molecule is CNS(=O)(=O)CCNC(=O)CCNC(C)(C)C. The highest BCUT2D eigenvalue weighted by Gasteiger charge is 2.10. The van der Waals surface area contributed by atoms with Crippen LogP contribution in [0.25, 0.3) is 0 Å². The van der Waals surface area contributed by atoms with Crippen LogP contribution in [0.5, 0.6) is 0 Å². The zero-order valence-electron chi connectivity index (χ0n) is 11.0. The van der Waals surface area contributed by atoms with Gasteiger partial charge in [0.05, 0.1) is 5.75 Å². The molecule has 1 amide bonds. The molecule has 0 aromatic rings. The van der Waals surface area contributed by atoms with E-state index in [0.717, 1.165) is 0 Å². The first-order chi connectivity index (χ1) is 7.66. The van der Waals surface area contributed by atoms with E-state index >= 15 is 0 Å². The Morgan fingerprint density at radius 1 is 1.18 bits per heavy atom. The van der Waals surface area contributed by atoms with Crippen molar-refractivity contribution in [1.82, 2.24) is 15.4 Å². The highest BCUT2D eigenvalue weighted by atomic mass is 32.2. The third-order valence-corrected chi connectivity index (χ3v) is 3.37. The molecule has 0 atom stereocenters. The molecule has 0 aromatic heterocycles. The Kier molecular flexibility index (Phi) is 6.66. The lowest BCUT2D eigenvalue weighted by atomic mass is 10.1. The van der Waals surface area contributed by atoms with Crippen LogP contribution >= 0.6 is 0 Å². The van der Waals surface area contributed by atoms with Crippen LogP contribution in [-0.2, 0) is 14.8 Å². The van der Waals surface area contributed by atoms with Gasteiger partial charge in [0, 0.05) is 25.0 Å². The van der Waals surface area contributed by atoms with E-state index in [2.05, 4.69) is 15.4 Å². The molecule has 0 saturated carbocycles. The van der Waals surface area contributed by atoms with Gasteiger partial charge in [-0.15, -0.1) is 0 Å². The molecule has 0 rings (SSSR count). The third-order valence-electron chi connectivity index (χ3n) is 2.01. The van der Waals surface area contributed by atoms with Crippen LogP contribution in [-0.4, -0.2) is 45.8 Å². The van der Waals surface area contributed by atoms with E-state index in [9.17, 15) is 13.2 Å². The molecule has 0 heterocycles. The van der Waals surface area contributed by atoms with Crippen LogP contribution in [0.4, 0.5) is 0 Å². The molecule has 0 aliphatic rings. The van der Waals surface area contributed by atoms with Crippen LogP contribution in [0.15, 0.2) is 0 Å². The van der Waals surface area contributed by atoms with E-state index in [1.807, 2.05) is 20.8 Å². The molecule has 7 heteroatoms. The van der Waals surface area contributed by atoms with Gasteiger partial charge in [-0.25, -0.2) is 13.1 Å². The summed E-state index contributed by atoms with van der Waals surface area (Å²) in [6.45, 7) is 6.77. The molecule has 0 aliphatic heterocycles. The second kappa shape index (κ2) is 6.93. The average Bonchev–Trinajstić information content (AvgIpc) is 2.15. The van der Waals surface area contributed by atoms with Crippen molar-refractivity contribution in [3.05, 3.63) is 0 Å². The lowest BCUT2D eigenvalue weighted by Gasteiger charge is -2.20. The number of sulfonamides is 1. The lowest BCUT2D eigenvalue weighted by Crippen LogP contribution is -2.39. The van der Waals surface area contributed by atoms with Gasteiger partial charge in [0.25, 0.3) is 0 Å². The van der Waals surface area contributed by atoms with Crippen LogP contribution < -0.4 is 15.4 Å². The molecule has 0 aliphatic carbocycles. The summed E-state index contributed by atoms with van der Waals surface area (Å²) in [5.74, 6) is -0.241. The Morgan fingerprint density at radius 2 is 1.76 bits per heavy atom. The number of amides is 1. The standard InChI is InChI=1S/C10H23N3O3S/c1-10(2,3)13-6-5-9(14)12-7-8-17(15,16)11-4/h11,13H,5-8H2,1-4H3,(H,12,14). The van der Waals surface area contributed by atoms with Crippen LogP contribution in [0.3, 0.4) is 0 Å². The van der Waals surface area contributed by atoms with E-state index < -0.39 is 10.0 Å². The Bertz CT molecular complexity index is 333. The molecule has 0 fully saturated rings. The molecule has 0 aromatic carbocycles. The Labute approximate surface area is 104 Å². The number of carbonyl (C=O) groups is 1. The lowest BCUT2D eigenvalue weighted by molar-refractivity contribution is -0.120. The number of carbonyl (C=O) groups excluding carboxylic acids is 1. The average molecular weight is 265 g/mol. The van der Waals surface area contributed by atoms with Crippen molar-refractivity contribution in [1.29, 1.82) is 0 Å². The minimum Gasteiger partial charge on any atom is -0.355 e. The zero-order chi connectivity index (χ0) is 13.5. The molecular formula is C10H23N3O3S. The maximum absolute atomic E-state index is 11.3. The first kappa shape index (κ1) is 16.3. The fraction of sp³-hybridized carbons (Fsp3) is 0.900. The van der Waals surface area contributed by atoms with Gasteiger partial charge in [0.2, 0.25) is 15.9 Å². The van der Waals surface area contributed by atoms with Gasteiger partial charge >= 0.3 is 0 Å². The normalized spacial score (nSPS) is 12.5. The molecule has 0 spiro atoms. The number of nitrogens with one attached hydrogen (secondary N) is 3. The van der Waals surface area contributed by atoms with Gasteiger partial charge in [-0.05, 0) is 27.8 Å². The Hall–Kier alpha value is -0.660. The van der Waals surface area contributed by atoms with E-state index in [0.29, 0.717) is 13.0 Å². The van der Waals surface area contributed by atoms with Crippen molar-refractivity contribution in [3.8, 4) is 0 Å². The Balaban J connectivity index is 3.68. The minimum absolute atomic E-state index is 0.0181. The van der Waals surface area contributed by atoms with Crippen LogP contribution in [0.2, 0.25) is 0 Å². The maximum atomic E-state index is 11.3. The topological polar surface area (TPSA) is 87.3 Å². The summed E-state index contributed by atoms with van der Waals surface area (Å²) in [5, 5.41) is 5.74. The molecule has 3 N–H and O–H groups in total. The largest absolute Gasteiger partial charge is 0.355 e. The molecule has 0 saturated heterocycles. The van der Waals surface area contributed by atoms with Crippen molar-refractivity contribution in [2.75, 3.05) is 25.9 Å². The van der Waals surface area contributed by atoms with E-state index in [4.69, 9.17) is 0 Å². The summed E-state index contributed by atoms with van der Waals surface area (Å²) < 4.78 is 24.3. The van der Waals surface area contributed by atoms with E-state index in [1.165, 1.54) is 7.05 Å². The second-order valence-corrected chi connectivity index (χ2v) is 6.85. The van der Waals surface area contributed by atoms with Crippen molar-refractivity contribution in [2.24, 2.45) is 0 Å². The van der Waals surface area contributed by atoms with Crippen molar-refractivity contribution in [3.63, 3.8) is 0 Å². The van der Waals surface area contributed by atoms with Gasteiger partial charge in [-0.2, -0.15) is 0 Å². The third kappa shape index (κ3) is 10.2. The fourth-order valence-corrected chi connectivity index (χ4v) is 1.64. The molecule has 0 radical (unpaired) electrons. The number of hydrogen-bond acceptors (Lipinski definition) is 4. The predicted octanol–water partition coefficient (Wildman–Crippen LogP) is -0.570. The summed E-state index contributed by atoms with van der Waals surface area (Å²) in [4.78, 5) is 11.3. The molecule has 6 nitrogen and oxygen atoms in total. The number of rotatable bonds is 7. The maximum Gasteiger partial charge on any atom is 0.221 e. The van der Waals surface area contributed by atoms with E-state index in [-0.39, 0.29) is 23.7 Å². The monoisotopic (exact) mass is 265 g/mol. The van der Waals surface area contributed by atoms with Gasteiger partial charge < -0.3 is 10.6 Å². The highest BCUT2D eigenvalue weighted by molar-refractivity contribution is 7.89. The summed E-state index contributed by atoms with van der Waals surface area (Å²) >= 11 is 0. The van der Waals surface area contributed by atoms with Crippen molar-refractivity contribution < 1.29 is 13.2 Å². The van der Waals surface area contributed by atoms with Gasteiger partial charge in [0.15, 0.2) is 0 Å². The summed E-state index contributed by atoms with van der Waals surface area (Å²) in [6.07, 6.45) is 0.344.